The zero-order valence-electron chi connectivity index (χ0n) is 15.1. The van der Waals surface area contributed by atoms with Crippen LogP contribution >= 0.6 is 11.3 Å². The summed E-state index contributed by atoms with van der Waals surface area (Å²) in [6, 6.07) is 14.1. The van der Waals surface area contributed by atoms with Gasteiger partial charge in [0.05, 0.1) is 16.0 Å². The fraction of sp³-hybridized carbons (Fsp3) is 0.0952. The lowest BCUT2D eigenvalue weighted by Gasteiger charge is -2.11. The van der Waals surface area contributed by atoms with Crippen molar-refractivity contribution in [2.75, 3.05) is 6.26 Å². The molecule has 0 unspecified atom stereocenters. The number of benzene rings is 2. The van der Waals surface area contributed by atoms with E-state index in [1.807, 2.05) is 11.4 Å². The van der Waals surface area contributed by atoms with E-state index in [0.717, 1.165) is 28.3 Å². The minimum Gasteiger partial charge on any atom is -0.256 e. The summed E-state index contributed by atoms with van der Waals surface area (Å²) in [5.41, 5.74) is 1.26. The molecule has 4 aromatic rings. The van der Waals surface area contributed by atoms with Gasteiger partial charge in [0.1, 0.15) is 0 Å². The third-order valence-corrected chi connectivity index (χ3v) is 6.62. The molecule has 0 aliphatic rings. The molecule has 2 aromatic heterocycles. The number of halogens is 3. The largest absolute Gasteiger partial charge is 0.418 e. The summed E-state index contributed by atoms with van der Waals surface area (Å²) in [6.07, 6.45) is -1.97. The lowest BCUT2D eigenvalue weighted by molar-refractivity contribution is -0.136. The van der Waals surface area contributed by atoms with E-state index in [4.69, 9.17) is 0 Å². The molecule has 0 radical (unpaired) electrons. The maximum absolute atomic E-state index is 13.3. The third kappa shape index (κ3) is 3.77. The zero-order chi connectivity index (χ0) is 20.8. The van der Waals surface area contributed by atoms with Gasteiger partial charge in [-0.25, -0.2) is 8.42 Å². The van der Waals surface area contributed by atoms with Gasteiger partial charge in [-0.2, -0.15) is 13.2 Å². The van der Waals surface area contributed by atoms with Crippen LogP contribution in [0.3, 0.4) is 0 Å². The maximum atomic E-state index is 13.3. The number of rotatable bonds is 3. The van der Waals surface area contributed by atoms with E-state index >= 15 is 0 Å². The number of hydrogen-bond donors (Lipinski definition) is 0. The molecule has 0 spiro atoms. The molecule has 0 atom stereocenters. The van der Waals surface area contributed by atoms with Crippen molar-refractivity contribution in [2.45, 2.75) is 11.1 Å². The van der Waals surface area contributed by atoms with Gasteiger partial charge in [0.2, 0.25) is 0 Å². The van der Waals surface area contributed by atoms with Crippen LogP contribution in [0.4, 0.5) is 13.2 Å². The van der Waals surface area contributed by atoms with Crippen LogP contribution in [0.2, 0.25) is 0 Å². The quantitative estimate of drug-likeness (QED) is 0.395. The lowest BCUT2D eigenvalue weighted by Crippen LogP contribution is -2.06. The molecule has 0 amide bonds. The van der Waals surface area contributed by atoms with Gasteiger partial charge in [-0.05, 0) is 52.4 Å². The Labute approximate surface area is 169 Å². The van der Waals surface area contributed by atoms with E-state index in [1.54, 1.807) is 30.3 Å². The molecule has 3 nitrogen and oxygen atoms in total. The van der Waals surface area contributed by atoms with Gasteiger partial charge in [0.25, 0.3) is 0 Å². The minimum atomic E-state index is -4.49. The van der Waals surface area contributed by atoms with Crippen molar-refractivity contribution in [2.24, 2.45) is 0 Å². The maximum Gasteiger partial charge on any atom is 0.418 e. The van der Waals surface area contributed by atoms with Crippen LogP contribution in [0.1, 0.15) is 5.56 Å². The number of hydrogen-bond acceptors (Lipinski definition) is 4. The van der Waals surface area contributed by atoms with Crippen LogP contribution in [0.5, 0.6) is 0 Å². The first-order chi connectivity index (χ1) is 13.6. The van der Waals surface area contributed by atoms with Gasteiger partial charge in [0.15, 0.2) is 9.84 Å². The summed E-state index contributed by atoms with van der Waals surface area (Å²) < 4.78 is 63.6. The van der Waals surface area contributed by atoms with Crippen LogP contribution in [0.15, 0.2) is 71.1 Å². The van der Waals surface area contributed by atoms with Crippen molar-refractivity contribution >= 4 is 32.1 Å². The highest BCUT2D eigenvalue weighted by Gasteiger charge is 2.33. The predicted molar refractivity (Wildman–Crippen MR) is 109 cm³/mol. The van der Waals surface area contributed by atoms with E-state index in [-0.39, 0.29) is 10.4 Å². The second-order valence-electron chi connectivity index (χ2n) is 6.56. The monoisotopic (exact) mass is 433 g/mol. The average Bonchev–Trinajstić information content (AvgIpc) is 3.16. The Morgan fingerprint density at radius 1 is 0.966 bits per heavy atom. The first-order valence-corrected chi connectivity index (χ1v) is 11.3. The van der Waals surface area contributed by atoms with E-state index in [9.17, 15) is 21.6 Å². The van der Waals surface area contributed by atoms with Crippen molar-refractivity contribution in [1.82, 2.24) is 4.98 Å². The molecule has 148 valence electrons. The van der Waals surface area contributed by atoms with Crippen molar-refractivity contribution in [1.29, 1.82) is 0 Å². The molecule has 2 heterocycles. The number of para-hydroxylation sites is 1. The number of sulfone groups is 1. The molecule has 4 rings (SSSR count). The SMILES string of the molecule is CS(=O)(=O)c1cccc(-c2cc(-c3ccnc4c(C(F)(F)F)cccc34)cs2)c1. The Morgan fingerprint density at radius 3 is 2.45 bits per heavy atom. The van der Waals surface area contributed by atoms with Gasteiger partial charge >= 0.3 is 6.18 Å². The Kier molecular flexibility index (Phi) is 4.71. The number of nitrogens with zero attached hydrogens (tertiary/aromatic N) is 1. The number of alkyl halides is 3. The predicted octanol–water partition coefficient (Wildman–Crippen LogP) is 6.05. The average molecular weight is 433 g/mol. The molecule has 0 fully saturated rings. The van der Waals surface area contributed by atoms with Gasteiger partial charge in [-0.1, -0.05) is 24.3 Å². The molecule has 0 bridgehead atoms. The molecule has 0 saturated heterocycles. The minimum absolute atomic E-state index is 0.0932. The highest BCUT2D eigenvalue weighted by Crippen LogP contribution is 2.39. The summed E-state index contributed by atoms with van der Waals surface area (Å²) in [5.74, 6) is 0. The van der Waals surface area contributed by atoms with Crippen LogP contribution in [0.25, 0.3) is 32.5 Å². The highest BCUT2D eigenvalue weighted by molar-refractivity contribution is 7.90. The van der Waals surface area contributed by atoms with Gasteiger partial charge in [-0.3, -0.25) is 4.98 Å². The van der Waals surface area contributed by atoms with Crippen LogP contribution in [-0.4, -0.2) is 19.7 Å². The first-order valence-electron chi connectivity index (χ1n) is 8.49. The summed E-state index contributed by atoms with van der Waals surface area (Å²) in [5, 5.41) is 2.26. The van der Waals surface area contributed by atoms with Gasteiger partial charge in [0, 0.05) is 22.7 Å². The number of fused-ring (bicyclic) bond motifs is 1. The van der Waals surface area contributed by atoms with Crippen molar-refractivity contribution in [3.05, 3.63) is 71.7 Å². The summed E-state index contributed by atoms with van der Waals surface area (Å²) in [4.78, 5) is 4.99. The molecule has 0 aliphatic carbocycles. The highest BCUT2D eigenvalue weighted by atomic mass is 32.2. The van der Waals surface area contributed by atoms with E-state index in [1.165, 1.54) is 29.7 Å². The zero-order valence-corrected chi connectivity index (χ0v) is 16.7. The number of thiophene rings is 1. The van der Waals surface area contributed by atoms with Crippen molar-refractivity contribution in [3.8, 4) is 21.6 Å². The summed E-state index contributed by atoms with van der Waals surface area (Å²) in [7, 11) is -3.34. The van der Waals surface area contributed by atoms with Crippen LogP contribution in [0, 0.1) is 0 Å². The van der Waals surface area contributed by atoms with Crippen LogP contribution < -0.4 is 0 Å². The number of aromatic nitrogens is 1. The fourth-order valence-electron chi connectivity index (χ4n) is 3.17. The molecule has 0 N–H and O–H groups in total. The normalized spacial score (nSPS) is 12.4. The molecule has 0 aliphatic heterocycles. The van der Waals surface area contributed by atoms with Crippen molar-refractivity contribution < 1.29 is 21.6 Å². The van der Waals surface area contributed by atoms with E-state index in [0.29, 0.717) is 10.9 Å². The molecule has 29 heavy (non-hydrogen) atoms. The smallest absolute Gasteiger partial charge is 0.256 e. The van der Waals surface area contributed by atoms with Gasteiger partial charge in [-0.15, -0.1) is 11.3 Å². The fourth-order valence-corrected chi connectivity index (χ4v) is 4.74. The summed E-state index contributed by atoms with van der Waals surface area (Å²) in [6.45, 7) is 0. The standard InChI is InChI=1S/C21H14F3NO2S2/c1-29(26,27)15-5-2-4-13(10-15)19-11-14(12-28-19)16-8-9-25-20-17(16)6-3-7-18(20)21(22,23)24/h2-12H,1H3. The number of pyridine rings is 1. The second-order valence-corrected chi connectivity index (χ2v) is 9.48. The van der Waals surface area contributed by atoms with Gasteiger partial charge < -0.3 is 0 Å². The second kappa shape index (κ2) is 6.96. The first kappa shape index (κ1) is 19.6. The molecular formula is C21H14F3NO2S2. The van der Waals surface area contributed by atoms with Crippen molar-refractivity contribution in [3.63, 3.8) is 0 Å². The Bertz CT molecular complexity index is 1330. The topological polar surface area (TPSA) is 47.0 Å². The van der Waals surface area contributed by atoms with E-state index < -0.39 is 21.6 Å². The molecule has 0 saturated carbocycles. The lowest BCUT2D eigenvalue weighted by atomic mass is 10.0. The van der Waals surface area contributed by atoms with Crippen LogP contribution in [-0.2, 0) is 16.0 Å². The Balaban J connectivity index is 1.83. The molecule has 8 heteroatoms. The summed E-state index contributed by atoms with van der Waals surface area (Å²) >= 11 is 1.40. The third-order valence-electron chi connectivity index (χ3n) is 4.53. The molecule has 2 aromatic carbocycles. The molecular weight excluding hydrogens is 419 g/mol. The Hall–Kier alpha value is -2.71. The Morgan fingerprint density at radius 2 is 1.72 bits per heavy atom. The van der Waals surface area contributed by atoms with E-state index in [2.05, 4.69) is 4.98 Å².